The van der Waals surface area contributed by atoms with Gasteiger partial charge in [-0.25, -0.2) is 0 Å². The molecule has 94 valence electrons. The molecule has 0 unspecified atom stereocenters. The summed E-state index contributed by atoms with van der Waals surface area (Å²) in [5.74, 6) is 0.572. The van der Waals surface area contributed by atoms with E-state index in [1.165, 1.54) is 5.69 Å². The fourth-order valence-electron chi connectivity index (χ4n) is 2.19. The highest BCUT2D eigenvalue weighted by Gasteiger charge is 2.17. The van der Waals surface area contributed by atoms with Crippen molar-refractivity contribution < 1.29 is 0 Å². The van der Waals surface area contributed by atoms with Crippen molar-refractivity contribution in [2.24, 2.45) is 0 Å². The highest BCUT2D eigenvalue weighted by Crippen LogP contribution is 2.28. The van der Waals surface area contributed by atoms with Gasteiger partial charge in [0, 0.05) is 36.5 Å². The van der Waals surface area contributed by atoms with E-state index in [-0.39, 0.29) is 0 Å². The normalized spacial score (nSPS) is 17.5. The number of hydrogen-bond acceptors (Lipinski definition) is 2. The molecule has 0 saturated carbocycles. The van der Waals surface area contributed by atoms with Gasteiger partial charge in [-0.05, 0) is 40.2 Å². The Bertz CT molecular complexity index is 376. The Morgan fingerprint density at radius 2 is 1.94 bits per heavy atom. The smallest absolute Gasteiger partial charge is 0.0511 e. The van der Waals surface area contributed by atoms with Crippen molar-refractivity contribution in [2.45, 2.75) is 12.8 Å². The fraction of sp³-hybridized carbons (Fsp3) is 0.538. The fourth-order valence-corrected chi connectivity index (χ4v) is 3.04. The van der Waals surface area contributed by atoms with Gasteiger partial charge in [0.05, 0.1) is 5.69 Å². The zero-order chi connectivity index (χ0) is 12.3. The molecule has 17 heavy (non-hydrogen) atoms. The Morgan fingerprint density at radius 3 is 2.47 bits per heavy atom. The van der Waals surface area contributed by atoms with Crippen LogP contribution in [0.5, 0.6) is 0 Å². The molecule has 1 fully saturated rings. The van der Waals surface area contributed by atoms with Crippen molar-refractivity contribution in [3.63, 3.8) is 0 Å². The van der Waals surface area contributed by atoms with Gasteiger partial charge in [-0.1, -0.05) is 13.0 Å². The van der Waals surface area contributed by atoms with Crippen LogP contribution in [0, 0.1) is 0 Å². The van der Waals surface area contributed by atoms with Crippen LogP contribution in [-0.2, 0) is 5.88 Å². The molecule has 2 nitrogen and oxygen atoms in total. The van der Waals surface area contributed by atoms with Crippen molar-refractivity contribution >= 4 is 33.2 Å². The molecule has 1 aliphatic rings. The van der Waals surface area contributed by atoms with E-state index in [2.05, 4.69) is 50.9 Å². The Labute approximate surface area is 117 Å². The lowest BCUT2D eigenvalue weighted by Gasteiger charge is -2.36. The first-order valence-corrected chi connectivity index (χ1v) is 7.39. The summed E-state index contributed by atoms with van der Waals surface area (Å²) in [6, 6.07) is 6.40. The minimum atomic E-state index is 0.572. The zero-order valence-electron chi connectivity index (χ0n) is 10.1. The van der Waals surface area contributed by atoms with Gasteiger partial charge in [-0.2, -0.15) is 0 Å². The highest BCUT2D eigenvalue weighted by atomic mass is 79.9. The number of nitrogens with zero attached hydrogens (tertiary/aromatic N) is 2. The third-order valence-corrected chi connectivity index (χ3v) is 4.27. The molecule has 1 aromatic carbocycles. The Balaban J connectivity index is 2.08. The Hall–Kier alpha value is -0.250. The van der Waals surface area contributed by atoms with E-state index in [0.717, 1.165) is 42.8 Å². The van der Waals surface area contributed by atoms with Gasteiger partial charge >= 0.3 is 0 Å². The van der Waals surface area contributed by atoms with Gasteiger partial charge in [-0.15, -0.1) is 11.6 Å². The summed E-state index contributed by atoms with van der Waals surface area (Å²) in [6.07, 6.45) is 0. The molecule has 4 heteroatoms. The number of alkyl halides is 1. The summed E-state index contributed by atoms with van der Waals surface area (Å²) >= 11 is 9.48. The Kier molecular flexibility index (Phi) is 4.71. The first-order valence-electron chi connectivity index (χ1n) is 6.06. The van der Waals surface area contributed by atoms with Crippen LogP contribution in [0.15, 0.2) is 22.7 Å². The molecule has 1 aromatic rings. The van der Waals surface area contributed by atoms with E-state index >= 15 is 0 Å². The maximum absolute atomic E-state index is 5.83. The zero-order valence-corrected chi connectivity index (χ0v) is 12.5. The van der Waals surface area contributed by atoms with Crippen molar-refractivity contribution in [2.75, 3.05) is 37.6 Å². The number of halogens is 2. The molecule has 1 heterocycles. The van der Waals surface area contributed by atoms with Crippen molar-refractivity contribution in [1.29, 1.82) is 0 Å². The molecular formula is C13H18BrClN2. The molecule has 0 atom stereocenters. The predicted octanol–water partition coefficient (Wildman–Crippen LogP) is 3.33. The summed E-state index contributed by atoms with van der Waals surface area (Å²) in [5, 5.41) is 0. The van der Waals surface area contributed by atoms with E-state index in [1.54, 1.807) is 0 Å². The monoisotopic (exact) mass is 316 g/mol. The van der Waals surface area contributed by atoms with Gasteiger partial charge in [0.25, 0.3) is 0 Å². The molecule has 2 rings (SSSR count). The van der Waals surface area contributed by atoms with Crippen LogP contribution in [0.2, 0.25) is 0 Å². The molecule has 0 aliphatic carbocycles. The average Bonchev–Trinajstić information content (AvgIpc) is 2.39. The van der Waals surface area contributed by atoms with E-state index in [9.17, 15) is 0 Å². The lowest BCUT2D eigenvalue weighted by Crippen LogP contribution is -2.46. The van der Waals surface area contributed by atoms with Gasteiger partial charge in [0.2, 0.25) is 0 Å². The molecule has 0 radical (unpaired) electrons. The Morgan fingerprint density at radius 1 is 1.24 bits per heavy atom. The topological polar surface area (TPSA) is 6.48 Å². The van der Waals surface area contributed by atoms with Crippen LogP contribution in [0.25, 0.3) is 0 Å². The first kappa shape index (κ1) is 13.2. The second-order valence-corrected chi connectivity index (χ2v) is 5.46. The largest absolute Gasteiger partial charge is 0.368 e. The van der Waals surface area contributed by atoms with E-state index < -0.39 is 0 Å². The number of rotatable bonds is 3. The van der Waals surface area contributed by atoms with Crippen LogP contribution in [0.3, 0.4) is 0 Å². The number of likely N-dealkylation sites (N-methyl/N-ethyl adjacent to an activating group) is 1. The second kappa shape index (κ2) is 6.07. The lowest BCUT2D eigenvalue weighted by atomic mass is 10.2. The average molecular weight is 318 g/mol. The first-order chi connectivity index (χ1) is 8.24. The van der Waals surface area contributed by atoms with Crippen LogP contribution in [0.1, 0.15) is 12.5 Å². The molecule has 0 spiro atoms. The summed E-state index contributed by atoms with van der Waals surface area (Å²) in [5.41, 5.74) is 2.45. The van der Waals surface area contributed by atoms with Gasteiger partial charge in [-0.3, -0.25) is 0 Å². The third-order valence-electron chi connectivity index (χ3n) is 3.33. The van der Waals surface area contributed by atoms with Crippen LogP contribution >= 0.6 is 27.5 Å². The third kappa shape index (κ3) is 3.15. The molecule has 0 bridgehead atoms. The second-order valence-electron chi connectivity index (χ2n) is 4.34. The van der Waals surface area contributed by atoms with Crippen molar-refractivity contribution in [3.8, 4) is 0 Å². The number of piperazine rings is 1. The van der Waals surface area contributed by atoms with Gasteiger partial charge < -0.3 is 9.80 Å². The number of hydrogen-bond donors (Lipinski definition) is 0. The molecule has 1 aliphatic heterocycles. The highest BCUT2D eigenvalue weighted by molar-refractivity contribution is 9.10. The quantitative estimate of drug-likeness (QED) is 0.789. The van der Waals surface area contributed by atoms with Crippen molar-refractivity contribution in [1.82, 2.24) is 4.90 Å². The summed E-state index contributed by atoms with van der Waals surface area (Å²) in [4.78, 5) is 4.92. The summed E-state index contributed by atoms with van der Waals surface area (Å²) in [6.45, 7) is 7.89. The van der Waals surface area contributed by atoms with E-state index in [1.807, 2.05) is 0 Å². The summed E-state index contributed by atoms with van der Waals surface area (Å²) < 4.78 is 1.15. The maximum Gasteiger partial charge on any atom is 0.0511 e. The maximum atomic E-state index is 5.83. The molecule has 0 aromatic heterocycles. The van der Waals surface area contributed by atoms with Gasteiger partial charge in [0.15, 0.2) is 0 Å². The minimum absolute atomic E-state index is 0.572. The number of benzene rings is 1. The van der Waals surface area contributed by atoms with Gasteiger partial charge in [0.1, 0.15) is 0 Å². The van der Waals surface area contributed by atoms with Crippen molar-refractivity contribution in [3.05, 3.63) is 28.2 Å². The van der Waals surface area contributed by atoms with E-state index in [0.29, 0.717) is 5.88 Å². The van der Waals surface area contributed by atoms with Crippen LogP contribution in [0.4, 0.5) is 5.69 Å². The SMILES string of the molecule is CCN1CCN(c2ccc(CCl)cc2Br)CC1. The predicted molar refractivity (Wildman–Crippen MR) is 78.0 cm³/mol. The standard InChI is InChI=1S/C13H18BrClN2/c1-2-16-5-7-17(8-6-16)13-4-3-11(10-15)9-12(13)14/h3-4,9H,2,5-8,10H2,1H3. The minimum Gasteiger partial charge on any atom is -0.368 e. The van der Waals surface area contributed by atoms with E-state index in [4.69, 9.17) is 11.6 Å². The van der Waals surface area contributed by atoms with Crippen LogP contribution < -0.4 is 4.90 Å². The molecule has 1 saturated heterocycles. The molecular weight excluding hydrogens is 300 g/mol. The summed E-state index contributed by atoms with van der Waals surface area (Å²) in [7, 11) is 0. The molecule has 0 amide bonds. The van der Waals surface area contributed by atoms with Crippen LogP contribution in [-0.4, -0.2) is 37.6 Å². The lowest BCUT2D eigenvalue weighted by molar-refractivity contribution is 0.271. The molecule has 0 N–H and O–H groups in total. The number of anilines is 1.